The molecule has 2 aliphatic heterocycles. The fourth-order valence-electron chi connectivity index (χ4n) is 4.75. The Labute approximate surface area is 204 Å². The summed E-state index contributed by atoms with van der Waals surface area (Å²) in [5, 5.41) is 13.5. The zero-order valence-electron chi connectivity index (χ0n) is 20.1. The number of carbonyl (C=O) groups excluding carboxylic acids is 1. The lowest BCUT2D eigenvalue weighted by molar-refractivity contribution is 0.0597. The third-order valence-electron chi connectivity index (χ3n) is 6.68. The molecule has 1 saturated heterocycles. The van der Waals surface area contributed by atoms with Gasteiger partial charge in [-0.3, -0.25) is 14.8 Å². The number of alkyl halides is 1. The van der Waals surface area contributed by atoms with Crippen LogP contribution in [-0.4, -0.2) is 46.8 Å². The van der Waals surface area contributed by atoms with E-state index in [1.54, 1.807) is 12.3 Å². The van der Waals surface area contributed by atoms with Crippen LogP contribution in [-0.2, 0) is 10.4 Å². The van der Waals surface area contributed by atoms with E-state index in [2.05, 4.69) is 26.3 Å². The van der Waals surface area contributed by atoms with Gasteiger partial charge >= 0.3 is 0 Å². The second-order valence-electron chi connectivity index (χ2n) is 9.69. The maximum atomic E-state index is 14.3. The molecule has 4 heterocycles. The number of benzene rings is 1. The van der Waals surface area contributed by atoms with E-state index in [9.17, 15) is 14.3 Å². The first-order valence-corrected chi connectivity index (χ1v) is 11.8. The van der Waals surface area contributed by atoms with Crippen molar-refractivity contribution in [3.63, 3.8) is 0 Å². The van der Waals surface area contributed by atoms with Crippen molar-refractivity contribution >= 4 is 17.3 Å². The predicted octanol–water partition coefficient (Wildman–Crippen LogP) is 4.55. The summed E-state index contributed by atoms with van der Waals surface area (Å²) in [6.45, 7) is 6.83. The van der Waals surface area contributed by atoms with E-state index in [0.717, 1.165) is 28.9 Å². The van der Waals surface area contributed by atoms with E-state index in [4.69, 9.17) is 4.74 Å². The number of hydrogen-bond donors (Lipinski definition) is 2. The number of aromatic nitrogens is 2. The number of ether oxygens (including phenoxy) is 1. The average Bonchev–Trinajstić information content (AvgIpc) is 2.84. The summed E-state index contributed by atoms with van der Waals surface area (Å²) in [5.74, 6) is -0.337. The van der Waals surface area contributed by atoms with Gasteiger partial charge in [0.25, 0.3) is 5.91 Å². The van der Waals surface area contributed by atoms with Crippen molar-refractivity contribution in [3.05, 3.63) is 71.3 Å². The zero-order chi connectivity index (χ0) is 24.7. The quantitative estimate of drug-likeness (QED) is 0.575. The monoisotopic (exact) mass is 476 g/mol. The molecule has 0 bridgehead atoms. The van der Waals surface area contributed by atoms with Crippen LogP contribution in [0.2, 0.25) is 0 Å². The molecule has 35 heavy (non-hydrogen) atoms. The Kier molecular flexibility index (Phi) is 6.02. The van der Waals surface area contributed by atoms with Crippen LogP contribution in [0.15, 0.2) is 48.8 Å². The Balaban J connectivity index is 1.44. The van der Waals surface area contributed by atoms with Crippen LogP contribution >= 0.6 is 0 Å². The Morgan fingerprint density at radius 3 is 2.86 bits per heavy atom. The molecule has 2 aromatic heterocycles. The van der Waals surface area contributed by atoms with Gasteiger partial charge in [0.2, 0.25) is 0 Å². The molecule has 5 rings (SSSR count). The molecule has 3 aromatic rings. The summed E-state index contributed by atoms with van der Waals surface area (Å²) in [4.78, 5) is 23.8. The summed E-state index contributed by atoms with van der Waals surface area (Å²) < 4.78 is 19.9. The molecule has 7 nitrogen and oxygen atoms in total. The van der Waals surface area contributed by atoms with E-state index in [1.807, 2.05) is 25.1 Å². The molecule has 0 unspecified atom stereocenters. The second kappa shape index (κ2) is 9.02. The summed E-state index contributed by atoms with van der Waals surface area (Å²) in [5.41, 5.74) is 4.02. The SMILES string of the molecule is Cc1ccc(NC(=O)c2ccnc(C(C)(C)F)c2)cc1-c1cnc2c(c1)N1CCOC[C@@H]1C[C@@H]2O. The first kappa shape index (κ1) is 23.4. The number of aliphatic hydroxyl groups is 1. The molecule has 2 N–H and O–H groups in total. The molecule has 0 saturated carbocycles. The van der Waals surface area contributed by atoms with Gasteiger partial charge in [0.1, 0.15) is 11.8 Å². The topological polar surface area (TPSA) is 87.6 Å². The first-order valence-electron chi connectivity index (χ1n) is 11.8. The van der Waals surface area contributed by atoms with E-state index < -0.39 is 11.8 Å². The largest absolute Gasteiger partial charge is 0.387 e. The molecule has 2 aliphatic rings. The van der Waals surface area contributed by atoms with Crippen LogP contribution in [0.1, 0.15) is 53.7 Å². The lowest BCUT2D eigenvalue weighted by atomic mass is 9.94. The van der Waals surface area contributed by atoms with Crippen molar-refractivity contribution in [2.24, 2.45) is 0 Å². The normalized spacial score (nSPS) is 19.6. The number of amides is 1. The number of aliphatic hydroxyl groups excluding tert-OH is 1. The smallest absolute Gasteiger partial charge is 0.255 e. The number of halogens is 1. The molecule has 0 aliphatic carbocycles. The van der Waals surface area contributed by atoms with Crippen LogP contribution < -0.4 is 10.2 Å². The van der Waals surface area contributed by atoms with Gasteiger partial charge in [-0.05, 0) is 62.2 Å². The minimum Gasteiger partial charge on any atom is -0.387 e. The van der Waals surface area contributed by atoms with Crippen LogP contribution in [0, 0.1) is 6.92 Å². The van der Waals surface area contributed by atoms with Crippen LogP contribution in [0.5, 0.6) is 0 Å². The number of rotatable bonds is 4. The third kappa shape index (κ3) is 4.63. The molecule has 182 valence electrons. The standard InChI is InChI=1S/C27H29FN4O3/c1-16-4-5-19(31-26(34)17-6-7-29-24(11-17)27(2,3)28)12-21(16)18-10-22-25(30-14-18)23(33)13-20-15-35-9-8-32(20)22/h4-7,10-12,14,20,23,33H,8-9,13,15H2,1-3H3,(H,31,34)/t20-,23-/m0/s1. The lowest BCUT2D eigenvalue weighted by Gasteiger charge is -2.43. The number of nitrogens with one attached hydrogen (secondary N) is 1. The molecule has 2 atom stereocenters. The van der Waals surface area contributed by atoms with Crippen LogP contribution in [0.25, 0.3) is 11.1 Å². The minimum absolute atomic E-state index is 0.134. The van der Waals surface area contributed by atoms with Gasteiger partial charge in [0, 0.05) is 42.2 Å². The Morgan fingerprint density at radius 1 is 1.23 bits per heavy atom. The highest BCUT2D eigenvalue weighted by Gasteiger charge is 2.35. The predicted molar refractivity (Wildman–Crippen MR) is 132 cm³/mol. The number of carbonyl (C=O) groups is 1. The molecular formula is C27H29FN4O3. The minimum atomic E-state index is -1.64. The number of fused-ring (bicyclic) bond motifs is 3. The van der Waals surface area contributed by atoms with Crippen molar-refractivity contribution in [2.75, 3.05) is 30.0 Å². The number of pyridine rings is 2. The highest BCUT2D eigenvalue weighted by Crippen LogP contribution is 2.39. The van der Waals surface area contributed by atoms with Gasteiger partial charge in [-0.1, -0.05) is 6.07 Å². The van der Waals surface area contributed by atoms with Gasteiger partial charge in [0.15, 0.2) is 0 Å². The van der Waals surface area contributed by atoms with Crippen molar-refractivity contribution in [1.29, 1.82) is 0 Å². The fraction of sp³-hybridized carbons (Fsp3) is 0.370. The van der Waals surface area contributed by atoms with Crippen molar-refractivity contribution < 1.29 is 19.0 Å². The van der Waals surface area contributed by atoms with E-state index in [-0.39, 0.29) is 17.6 Å². The maximum Gasteiger partial charge on any atom is 0.255 e. The molecular weight excluding hydrogens is 447 g/mol. The number of nitrogens with zero attached hydrogens (tertiary/aromatic N) is 3. The fourth-order valence-corrected chi connectivity index (χ4v) is 4.75. The van der Waals surface area contributed by atoms with E-state index in [1.165, 1.54) is 26.1 Å². The van der Waals surface area contributed by atoms with Gasteiger partial charge in [-0.2, -0.15) is 0 Å². The number of hydrogen-bond acceptors (Lipinski definition) is 6. The molecule has 0 radical (unpaired) electrons. The Hall–Kier alpha value is -3.36. The highest BCUT2D eigenvalue weighted by atomic mass is 19.1. The van der Waals surface area contributed by atoms with Crippen molar-refractivity contribution in [3.8, 4) is 11.1 Å². The van der Waals surface area contributed by atoms with Crippen LogP contribution in [0.3, 0.4) is 0 Å². The summed E-state index contributed by atoms with van der Waals surface area (Å²) in [7, 11) is 0. The lowest BCUT2D eigenvalue weighted by Crippen LogP contribution is -2.49. The van der Waals surface area contributed by atoms with E-state index in [0.29, 0.717) is 36.6 Å². The molecule has 1 amide bonds. The van der Waals surface area contributed by atoms with Gasteiger partial charge in [-0.25, -0.2) is 4.39 Å². The van der Waals surface area contributed by atoms with E-state index >= 15 is 0 Å². The Morgan fingerprint density at radius 2 is 2.06 bits per heavy atom. The number of morpholine rings is 1. The Bertz CT molecular complexity index is 1270. The highest BCUT2D eigenvalue weighted by molar-refractivity contribution is 6.04. The molecule has 0 spiro atoms. The average molecular weight is 477 g/mol. The van der Waals surface area contributed by atoms with Gasteiger partial charge < -0.3 is 20.1 Å². The number of aryl methyl sites for hydroxylation is 1. The zero-order valence-corrected chi connectivity index (χ0v) is 20.1. The summed E-state index contributed by atoms with van der Waals surface area (Å²) in [6, 6.07) is 10.9. The van der Waals surface area contributed by atoms with Crippen molar-refractivity contribution in [1.82, 2.24) is 9.97 Å². The first-order chi connectivity index (χ1) is 16.7. The third-order valence-corrected chi connectivity index (χ3v) is 6.68. The number of anilines is 2. The molecule has 8 heteroatoms. The summed E-state index contributed by atoms with van der Waals surface area (Å²) in [6.07, 6.45) is 3.21. The van der Waals surface area contributed by atoms with Gasteiger partial charge in [-0.15, -0.1) is 0 Å². The summed E-state index contributed by atoms with van der Waals surface area (Å²) >= 11 is 0. The maximum absolute atomic E-state index is 14.3. The van der Waals surface area contributed by atoms with Crippen molar-refractivity contribution in [2.45, 2.75) is 45.0 Å². The second-order valence-corrected chi connectivity index (χ2v) is 9.69. The molecule has 1 aromatic carbocycles. The molecule has 1 fully saturated rings. The van der Waals surface area contributed by atoms with Crippen LogP contribution in [0.4, 0.5) is 15.8 Å². The van der Waals surface area contributed by atoms with Gasteiger partial charge in [0.05, 0.1) is 36.3 Å².